The molecule has 0 aromatic heterocycles. The van der Waals surface area contributed by atoms with E-state index < -0.39 is 10.3 Å². The van der Waals surface area contributed by atoms with Crippen LogP contribution < -0.4 is 0 Å². The van der Waals surface area contributed by atoms with Crippen LogP contribution in [0.1, 0.15) is 6.92 Å². The quantitative estimate of drug-likeness (QED) is 0.388. The van der Waals surface area contributed by atoms with Gasteiger partial charge in [-0.15, -0.1) is 11.6 Å². The summed E-state index contributed by atoms with van der Waals surface area (Å²) in [6, 6.07) is 0. The van der Waals surface area contributed by atoms with Crippen LogP contribution in [-0.4, -0.2) is 19.2 Å². The van der Waals surface area contributed by atoms with E-state index in [1.807, 2.05) is 0 Å². The highest BCUT2D eigenvalue weighted by atomic mass is 35.5. The summed E-state index contributed by atoms with van der Waals surface area (Å²) in [7, 11) is -2.08. The van der Waals surface area contributed by atoms with Crippen LogP contribution in [0.4, 0.5) is 0 Å². The van der Waals surface area contributed by atoms with Crippen molar-refractivity contribution in [3.63, 3.8) is 0 Å². The van der Waals surface area contributed by atoms with Crippen molar-refractivity contribution in [2.24, 2.45) is 0 Å². The maximum absolute atomic E-state index is 9.81. The van der Waals surface area contributed by atoms with Crippen LogP contribution in [0.5, 0.6) is 0 Å². The number of alkyl halides is 1. The third-order valence-corrected chi connectivity index (χ3v) is 1.75. The van der Waals surface area contributed by atoms with E-state index in [1.165, 1.54) is 6.92 Å². The third-order valence-electron chi connectivity index (χ3n) is 0.473. The van der Waals surface area contributed by atoms with Crippen molar-refractivity contribution in [2.75, 3.05) is 5.88 Å². The minimum absolute atomic E-state index is 0.0934. The Morgan fingerprint density at radius 2 is 2.14 bits per heavy atom. The number of hydrogen-bond acceptors (Lipinski definition) is 2. The van der Waals surface area contributed by atoms with Crippen molar-refractivity contribution in [3.8, 4) is 0 Å². The van der Waals surface area contributed by atoms with Crippen molar-refractivity contribution in [3.05, 3.63) is 0 Å². The molecule has 0 aromatic rings. The summed E-state index contributed by atoms with van der Waals surface area (Å²) in [6.07, 6.45) is 0. The van der Waals surface area contributed by atoms with Crippen LogP contribution in [0.25, 0.3) is 0 Å². The molecule has 0 aliphatic heterocycles. The zero-order valence-corrected chi connectivity index (χ0v) is 5.38. The molecule has 0 unspecified atom stereocenters. The molecule has 0 heterocycles. The SMILES string of the molecule is CC(CCl)=S(=O)=O. The molecule has 0 spiro atoms. The van der Waals surface area contributed by atoms with Gasteiger partial charge in [-0.25, -0.2) is 0 Å². The van der Waals surface area contributed by atoms with Crippen LogP contribution >= 0.6 is 11.6 Å². The topological polar surface area (TPSA) is 34.1 Å². The third kappa shape index (κ3) is 2.65. The van der Waals surface area contributed by atoms with E-state index in [0.29, 0.717) is 0 Å². The molecule has 0 aliphatic carbocycles. The molecule has 0 amide bonds. The highest BCUT2D eigenvalue weighted by molar-refractivity contribution is 7.73. The number of halogens is 1. The molecular weight excluding hydrogens is 136 g/mol. The fraction of sp³-hybridized carbons (Fsp3) is 0.667. The van der Waals surface area contributed by atoms with E-state index in [1.54, 1.807) is 0 Å². The molecule has 0 N–H and O–H groups in total. The van der Waals surface area contributed by atoms with Crippen molar-refractivity contribution in [1.82, 2.24) is 0 Å². The van der Waals surface area contributed by atoms with Gasteiger partial charge in [0.15, 0.2) is 0 Å². The zero-order valence-electron chi connectivity index (χ0n) is 3.81. The summed E-state index contributed by atoms with van der Waals surface area (Å²) in [5, 5.41) is 0. The van der Waals surface area contributed by atoms with Gasteiger partial charge in [0.05, 0.1) is 10.7 Å². The van der Waals surface area contributed by atoms with Crippen LogP contribution in [0.2, 0.25) is 0 Å². The van der Waals surface area contributed by atoms with Crippen LogP contribution in [0.15, 0.2) is 0 Å². The van der Waals surface area contributed by atoms with Gasteiger partial charge < -0.3 is 0 Å². The lowest BCUT2D eigenvalue weighted by molar-refractivity contribution is 0.627. The second kappa shape index (κ2) is 3.04. The largest absolute Gasteiger partial charge is 0.214 e. The van der Waals surface area contributed by atoms with Gasteiger partial charge in [0.25, 0.3) is 0 Å². The summed E-state index contributed by atoms with van der Waals surface area (Å²) in [5.74, 6) is 0.0934. The van der Waals surface area contributed by atoms with E-state index in [-0.39, 0.29) is 10.7 Å². The first kappa shape index (κ1) is 6.98. The maximum atomic E-state index is 9.81. The van der Waals surface area contributed by atoms with Gasteiger partial charge in [-0.05, 0) is 6.92 Å². The predicted octanol–water partition coefficient (Wildman–Crippen LogP) is 0.297. The fourth-order valence-corrected chi connectivity index (χ4v) is 0.401. The zero-order chi connectivity index (χ0) is 5.86. The predicted molar refractivity (Wildman–Crippen MR) is 30.3 cm³/mol. The van der Waals surface area contributed by atoms with E-state index in [4.69, 9.17) is 11.6 Å². The van der Waals surface area contributed by atoms with Gasteiger partial charge in [0, 0.05) is 0 Å². The summed E-state index contributed by atoms with van der Waals surface area (Å²) in [4.78, 5) is 0.279. The Morgan fingerprint density at radius 1 is 1.71 bits per heavy atom. The smallest absolute Gasteiger partial charge is 0.185 e. The van der Waals surface area contributed by atoms with E-state index in [2.05, 4.69) is 0 Å². The summed E-state index contributed by atoms with van der Waals surface area (Å²) in [6.45, 7) is 1.47. The minimum atomic E-state index is -2.08. The molecule has 42 valence electrons. The first-order valence-corrected chi connectivity index (χ1v) is 3.27. The molecule has 0 radical (unpaired) electrons. The summed E-state index contributed by atoms with van der Waals surface area (Å²) < 4.78 is 19.6. The molecule has 0 saturated carbocycles. The first-order chi connectivity index (χ1) is 3.18. The van der Waals surface area contributed by atoms with Gasteiger partial charge in [-0.2, -0.15) is 8.42 Å². The van der Waals surface area contributed by atoms with Crippen molar-refractivity contribution >= 4 is 26.8 Å². The molecule has 0 rings (SSSR count). The van der Waals surface area contributed by atoms with E-state index >= 15 is 0 Å². The number of hydrogen-bond donors (Lipinski definition) is 0. The second-order valence-electron chi connectivity index (χ2n) is 1.07. The Hall–Kier alpha value is -0.0200. The lowest BCUT2D eigenvalue weighted by Crippen LogP contribution is -1.91. The monoisotopic (exact) mass is 140 g/mol. The lowest BCUT2D eigenvalue weighted by atomic mass is 10.6. The second-order valence-corrected chi connectivity index (χ2v) is 2.50. The van der Waals surface area contributed by atoms with Gasteiger partial charge in [-0.1, -0.05) is 0 Å². The van der Waals surface area contributed by atoms with E-state index in [0.717, 1.165) is 0 Å². The van der Waals surface area contributed by atoms with Gasteiger partial charge in [0.1, 0.15) is 0 Å². The molecule has 0 saturated heterocycles. The molecule has 0 atom stereocenters. The minimum Gasteiger partial charge on any atom is -0.185 e. The molecule has 0 aliphatic rings. The molecule has 7 heavy (non-hydrogen) atoms. The molecular formula is C3H5ClO2S. The first-order valence-electron chi connectivity index (χ1n) is 1.66. The summed E-state index contributed by atoms with van der Waals surface area (Å²) >= 11 is 5.12. The van der Waals surface area contributed by atoms with Crippen molar-refractivity contribution < 1.29 is 8.42 Å². The molecule has 0 bridgehead atoms. The Kier molecular flexibility index (Phi) is 3.04. The highest BCUT2D eigenvalue weighted by Crippen LogP contribution is 1.75. The van der Waals surface area contributed by atoms with Crippen molar-refractivity contribution in [1.29, 1.82) is 0 Å². The van der Waals surface area contributed by atoms with Gasteiger partial charge in [0.2, 0.25) is 10.3 Å². The van der Waals surface area contributed by atoms with Crippen molar-refractivity contribution in [2.45, 2.75) is 6.92 Å². The lowest BCUT2D eigenvalue weighted by Gasteiger charge is -1.74. The average Bonchev–Trinajstić information content (AvgIpc) is 1.65. The van der Waals surface area contributed by atoms with Gasteiger partial charge >= 0.3 is 0 Å². The molecule has 0 fully saturated rings. The van der Waals surface area contributed by atoms with Crippen LogP contribution in [0.3, 0.4) is 0 Å². The fourth-order valence-electron chi connectivity index (χ4n) is 0.0445. The molecule has 2 nitrogen and oxygen atoms in total. The van der Waals surface area contributed by atoms with E-state index in [9.17, 15) is 8.42 Å². The Morgan fingerprint density at radius 3 is 2.14 bits per heavy atom. The van der Waals surface area contributed by atoms with Crippen LogP contribution in [0, 0.1) is 0 Å². The molecule has 4 heteroatoms. The molecule has 0 aromatic carbocycles. The standard InChI is InChI=1S/C3H5ClO2S/c1-3(2-4)7(5)6/h2H2,1H3. The Labute approximate surface area is 48.6 Å². The average molecular weight is 141 g/mol. The maximum Gasteiger partial charge on any atom is 0.214 e. The number of rotatable bonds is 1. The highest BCUT2D eigenvalue weighted by Gasteiger charge is 1.84. The Bertz CT molecular complexity index is 159. The Balaban J connectivity index is 4.33. The summed E-state index contributed by atoms with van der Waals surface area (Å²) in [5.41, 5.74) is 0. The van der Waals surface area contributed by atoms with Crippen LogP contribution in [-0.2, 0) is 10.3 Å². The van der Waals surface area contributed by atoms with Gasteiger partial charge in [-0.3, -0.25) is 0 Å². The normalized spacial score (nSPS) is 8.29.